The topological polar surface area (TPSA) is 91.3 Å². The summed E-state index contributed by atoms with van der Waals surface area (Å²) in [6.07, 6.45) is 68.6. The van der Waals surface area contributed by atoms with Crippen LogP contribution in [0.15, 0.2) is 60.8 Å². The summed E-state index contributed by atoms with van der Waals surface area (Å²) in [5, 5.41) is 0. The molecule has 0 amide bonds. The van der Waals surface area contributed by atoms with Gasteiger partial charge in [-0.2, -0.15) is 0 Å². The van der Waals surface area contributed by atoms with Crippen molar-refractivity contribution in [1.29, 1.82) is 0 Å². The van der Waals surface area contributed by atoms with Crippen LogP contribution >= 0.6 is 7.82 Å². The maximum atomic E-state index is 12.8. The molecule has 1 N–H and O–H groups in total. The second-order valence-corrected chi connectivity index (χ2v) is 22.1. The van der Waals surface area contributed by atoms with Crippen LogP contribution in [0.2, 0.25) is 0 Å². The number of hydrogen-bond acceptors (Lipinski definition) is 6. The van der Waals surface area contributed by atoms with Crippen molar-refractivity contribution >= 4 is 13.8 Å². The summed E-state index contributed by atoms with van der Waals surface area (Å²) in [5.41, 5.74) is 0. The Hall–Kier alpha value is -1.80. The van der Waals surface area contributed by atoms with Gasteiger partial charge in [0, 0.05) is 13.0 Å². The molecule has 0 spiro atoms. The number of phosphoric acid groups is 1. The number of phosphoric ester groups is 1. The summed E-state index contributed by atoms with van der Waals surface area (Å²) >= 11 is 0. The number of esters is 1. The molecular formula is C60H113NO7P+. The average molecular weight is 992 g/mol. The Morgan fingerprint density at radius 2 is 0.841 bits per heavy atom. The summed E-state index contributed by atoms with van der Waals surface area (Å²) in [6, 6.07) is 0. The molecule has 0 aliphatic rings. The zero-order chi connectivity index (χ0) is 50.5. The zero-order valence-corrected chi connectivity index (χ0v) is 46.9. The fourth-order valence-electron chi connectivity index (χ4n) is 8.17. The van der Waals surface area contributed by atoms with Crippen LogP contribution in [0.3, 0.4) is 0 Å². The van der Waals surface area contributed by atoms with Gasteiger partial charge >= 0.3 is 13.8 Å². The lowest BCUT2D eigenvalue weighted by atomic mass is 10.0. The van der Waals surface area contributed by atoms with E-state index in [0.29, 0.717) is 24.1 Å². The molecule has 0 aromatic heterocycles. The fourth-order valence-corrected chi connectivity index (χ4v) is 8.91. The predicted octanol–water partition coefficient (Wildman–Crippen LogP) is 18.4. The molecular weight excluding hydrogens is 878 g/mol. The number of carbonyl (C=O) groups excluding carboxylic acids is 1. The van der Waals surface area contributed by atoms with Gasteiger partial charge in [0.2, 0.25) is 0 Å². The monoisotopic (exact) mass is 991 g/mol. The highest BCUT2D eigenvalue weighted by Crippen LogP contribution is 2.43. The molecule has 0 aromatic carbocycles. The van der Waals surface area contributed by atoms with Crippen molar-refractivity contribution < 1.29 is 37.3 Å². The van der Waals surface area contributed by atoms with Gasteiger partial charge in [-0.05, 0) is 57.8 Å². The number of unbranched alkanes of at least 4 members (excludes halogenated alkanes) is 30. The van der Waals surface area contributed by atoms with Crippen LogP contribution in [-0.4, -0.2) is 75.6 Å². The van der Waals surface area contributed by atoms with Crippen LogP contribution in [-0.2, 0) is 27.9 Å². The number of likely N-dealkylation sites (N-methyl/N-ethyl adjacent to an activating group) is 1. The molecule has 0 heterocycles. The molecule has 0 radical (unpaired) electrons. The van der Waals surface area contributed by atoms with Crippen molar-refractivity contribution in [2.75, 3.05) is 54.1 Å². The van der Waals surface area contributed by atoms with Gasteiger partial charge in [-0.3, -0.25) is 13.8 Å². The molecule has 2 unspecified atom stereocenters. The van der Waals surface area contributed by atoms with E-state index in [2.05, 4.69) is 74.6 Å². The largest absolute Gasteiger partial charge is 0.472 e. The number of carbonyl (C=O) groups is 1. The van der Waals surface area contributed by atoms with Crippen LogP contribution in [0.1, 0.15) is 258 Å². The van der Waals surface area contributed by atoms with Crippen LogP contribution in [0.5, 0.6) is 0 Å². The number of nitrogens with zero attached hydrogens (tertiary/aromatic N) is 1. The first kappa shape index (κ1) is 67.2. The first-order chi connectivity index (χ1) is 33.6. The molecule has 9 heteroatoms. The molecule has 8 nitrogen and oxygen atoms in total. The van der Waals surface area contributed by atoms with E-state index in [1.807, 2.05) is 21.1 Å². The molecule has 2 atom stereocenters. The van der Waals surface area contributed by atoms with Crippen molar-refractivity contribution in [3.8, 4) is 0 Å². The summed E-state index contributed by atoms with van der Waals surface area (Å²) in [4.78, 5) is 23.1. The van der Waals surface area contributed by atoms with E-state index >= 15 is 0 Å². The second kappa shape index (κ2) is 52.5. The standard InChI is InChI=1S/C60H112NO7P/c1-6-8-10-12-14-16-18-20-22-24-26-28-30-32-34-36-38-40-42-44-46-48-50-52-55-65-57-59(58-67-69(63,64)66-56-54-61(3,4)5)68-60(62)53-51-49-47-45-43-41-39-37-35-33-31-29-27-25-23-21-19-17-15-13-11-9-7-2/h8,10,14,16,20,22,26,28,32,34,59H,6-7,9,11-13,15,17-19,21,23-25,27,29-31,33,35-58H2,1-5H3/p+1/b10-8-,16-14-,22-20-,28-26-,34-32-. The third-order valence-corrected chi connectivity index (χ3v) is 13.6. The van der Waals surface area contributed by atoms with E-state index in [0.717, 1.165) is 70.6 Å². The third kappa shape index (κ3) is 57.0. The summed E-state index contributed by atoms with van der Waals surface area (Å²) < 4.78 is 35.3. The number of quaternary nitrogens is 1. The van der Waals surface area contributed by atoms with E-state index in [9.17, 15) is 14.3 Å². The van der Waals surface area contributed by atoms with Crippen molar-refractivity contribution in [3.63, 3.8) is 0 Å². The maximum absolute atomic E-state index is 12.8. The van der Waals surface area contributed by atoms with Gasteiger partial charge in [0.25, 0.3) is 0 Å². The molecule has 0 aromatic rings. The van der Waals surface area contributed by atoms with Crippen LogP contribution in [0.25, 0.3) is 0 Å². The Morgan fingerprint density at radius 3 is 1.26 bits per heavy atom. The van der Waals surface area contributed by atoms with Gasteiger partial charge in [-0.25, -0.2) is 4.57 Å². The van der Waals surface area contributed by atoms with E-state index in [1.54, 1.807) is 0 Å². The first-order valence-electron chi connectivity index (χ1n) is 29.0. The van der Waals surface area contributed by atoms with E-state index in [4.69, 9.17) is 18.5 Å². The lowest BCUT2D eigenvalue weighted by molar-refractivity contribution is -0.870. The normalized spacial score (nSPS) is 13.9. The Balaban J connectivity index is 4.08. The first-order valence-corrected chi connectivity index (χ1v) is 30.5. The van der Waals surface area contributed by atoms with E-state index < -0.39 is 13.9 Å². The third-order valence-electron chi connectivity index (χ3n) is 12.6. The van der Waals surface area contributed by atoms with Gasteiger partial charge in [-0.1, -0.05) is 254 Å². The highest BCUT2D eigenvalue weighted by molar-refractivity contribution is 7.47. The van der Waals surface area contributed by atoms with Gasteiger partial charge in [-0.15, -0.1) is 0 Å². The van der Waals surface area contributed by atoms with Crippen LogP contribution in [0, 0.1) is 0 Å². The number of allylic oxidation sites excluding steroid dienone is 10. The Bertz CT molecular complexity index is 1290. The number of rotatable bonds is 54. The van der Waals surface area contributed by atoms with Gasteiger partial charge in [0.15, 0.2) is 0 Å². The molecule has 0 fully saturated rings. The Morgan fingerprint density at radius 1 is 0.464 bits per heavy atom. The molecule has 69 heavy (non-hydrogen) atoms. The van der Waals surface area contributed by atoms with Crippen molar-refractivity contribution in [2.45, 2.75) is 264 Å². The van der Waals surface area contributed by atoms with Crippen molar-refractivity contribution in [3.05, 3.63) is 60.8 Å². The van der Waals surface area contributed by atoms with Crippen LogP contribution in [0.4, 0.5) is 0 Å². The molecule has 0 rings (SSSR count). The lowest BCUT2D eigenvalue weighted by Gasteiger charge is -2.24. The summed E-state index contributed by atoms with van der Waals surface area (Å²) in [5.74, 6) is -0.313. The molecule has 0 aliphatic carbocycles. The molecule has 0 aliphatic heterocycles. The number of hydrogen-bond donors (Lipinski definition) is 1. The predicted molar refractivity (Wildman–Crippen MR) is 298 cm³/mol. The smallest absolute Gasteiger partial charge is 0.457 e. The highest BCUT2D eigenvalue weighted by atomic mass is 31.2. The number of ether oxygens (including phenoxy) is 2. The van der Waals surface area contributed by atoms with Crippen LogP contribution < -0.4 is 0 Å². The highest BCUT2D eigenvalue weighted by Gasteiger charge is 2.26. The molecule has 0 saturated heterocycles. The maximum Gasteiger partial charge on any atom is 0.472 e. The second-order valence-electron chi connectivity index (χ2n) is 20.7. The summed E-state index contributed by atoms with van der Waals surface area (Å²) in [6.45, 7) is 5.53. The summed E-state index contributed by atoms with van der Waals surface area (Å²) in [7, 11) is 1.67. The zero-order valence-electron chi connectivity index (χ0n) is 46.0. The quantitative estimate of drug-likeness (QED) is 0.0213. The van der Waals surface area contributed by atoms with Gasteiger partial charge in [0.1, 0.15) is 19.3 Å². The minimum absolute atomic E-state index is 0.0862. The Labute approximate surface area is 428 Å². The fraction of sp³-hybridized carbons (Fsp3) is 0.817. The van der Waals surface area contributed by atoms with Crippen molar-refractivity contribution in [2.24, 2.45) is 0 Å². The average Bonchev–Trinajstić information content (AvgIpc) is 3.31. The van der Waals surface area contributed by atoms with Gasteiger partial charge < -0.3 is 18.9 Å². The van der Waals surface area contributed by atoms with E-state index in [1.165, 1.54) is 167 Å². The van der Waals surface area contributed by atoms with E-state index in [-0.39, 0.29) is 25.8 Å². The lowest BCUT2D eigenvalue weighted by Crippen LogP contribution is -2.37. The van der Waals surface area contributed by atoms with Gasteiger partial charge in [0.05, 0.1) is 34.4 Å². The minimum atomic E-state index is -4.29. The molecule has 0 saturated carbocycles. The van der Waals surface area contributed by atoms with Crippen molar-refractivity contribution in [1.82, 2.24) is 0 Å². The Kier molecular flexibility index (Phi) is 51.2. The molecule has 0 bridgehead atoms. The SMILES string of the molecule is CC/C=C\C/C=C\C/C=C\C/C=C\C/C=C\CCCCCCCCCCOCC(COP(=O)(O)OCC[N+](C)(C)C)OC(=O)CCCCCCCCCCCCCCCCCCCCCCCCC. The minimum Gasteiger partial charge on any atom is -0.457 e. The molecule has 404 valence electrons.